The van der Waals surface area contributed by atoms with Crippen LogP contribution in [0.3, 0.4) is 0 Å². The molecule has 0 aliphatic heterocycles. The second-order valence-electron chi connectivity index (χ2n) is 5.18. The molecule has 0 saturated carbocycles. The normalized spacial score (nSPS) is 11.6. The molecule has 1 unspecified atom stereocenters. The minimum Gasteiger partial charge on any atom is -0.352 e. The summed E-state index contributed by atoms with van der Waals surface area (Å²) in [7, 11) is 0. The number of aryl methyl sites for hydroxylation is 1. The van der Waals surface area contributed by atoms with Crippen LogP contribution >= 0.6 is 0 Å². The second kappa shape index (κ2) is 7.40. The highest BCUT2D eigenvalue weighted by Crippen LogP contribution is 2.20. The number of carbonyl (C=O) groups excluding carboxylic acids is 2. The Hall–Kier alpha value is -2.89. The number of urea groups is 1. The Morgan fingerprint density at radius 2 is 1.87 bits per heavy atom. The predicted molar refractivity (Wildman–Crippen MR) is 86.3 cm³/mol. The predicted octanol–water partition coefficient (Wildman–Crippen LogP) is 2.87. The molecule has 23 heavy (non-hydrogen) atoms. The fourth-order valence-corrected chi connectivity index (χ4v) is 2.22. The van der Waals surface area contributed by atoms with Crippen molar-refractivity contribution in [1.29, 1.82) is 0 Å². The van der Waals surface area contributed by atoms with E-state index < -0.39 is 17.9 Å². The van der Waals surface area contributed by atoms with Gasteiger partial charge in [-0.15, -0.1) is 0 Å². The number of nitrogens with one attached hydrogen (secondary N) is 2. The van der Waals surface area contributed by atoms with Gasteiger partial charge in [-0.25, -0.2) is 9.18 Å². The number of primary amides is 1. The summed E-state index contributed by atoms with van der Waals surface area (Å²) in [5.74, 6) is -0.776. The first-order valence-electron chi connectivity index (χ1n) is 7.12. The van der Waals surface area contributed by atoms with Crippen LogP contribution in [0.5, 0.6) is 0 Å². The van der Waals surface area contributed by atoms with Gasteiger partial charge in [0.05, 0.1) is 12.5 Å². The molecule has 0 radical (unpaired) electrons. The molecule has 0 aliphatic rings. The molecule has 0 spiro atoms. The molecule has 120 valence electrons. The maximum atomic E-state index is 13.3. The maximum absolute atomic E-state index is 13.3. The first-order valence-corrected chi connectivity index (χ1v) is 7.12. The third kappa shape index (κ3) is 4.81. The lowest BCUT2D eigenvalue weighted by Crippen LogP contribution is -2.35. The first-order chi connectivity index (χ1) is 11.0. The van der Waals surface area contributed by atoms with Gasteiger partial charge in [0, 0.05) is 5.69 Å². The summed E-state index contributed by atoms with van der Waals surface area (Å²) in [6, 6.07) is 11.9. The summed E-state index contributed by atoms with van der Waals surface area (Å²) >= 11 is 0. The lowest BCUT2D eigenvalue weighted by molar-refractivity contribution is -0.116. The molecular formula is C17H18FN3O2. The maximum Gasteiger partial charge on any atom is 0.312 e. The summed E-state index contributed by atoms with van der Waals surface area (Å²) in [5, 5.41) is 5.20. The van der Waals surface area contributed by atoms with Crippen LogP contribution in [0.15, 0.2) is 48.5 Å². The Balaban J connectivity index is 2.11. The zero-order chi connectivity index (χ0) is 16.8. The number of amides is 3. The van der Waals surface area contributed by atoms with Crippen molar-refractivity contribution in [3.8, 4) is 0 Å². The number of benzene rings is 2. The molecule has 0 aromatic heterocycles. The van der Waals surface area contributed by atoms with Gasteiger partial charge in [-0.2, -0.15) is 0 Å². The van der Waals surface area contributed by atoms with Crippen molar-refractivity contribution in [2.45, 2.75) is 19.4 Å². The molecule has 0 fully saturated rings. The molecule has 0 saturated heterocycles. The highest BCUT2D eigenvalue weighted by molar-refractivity contribution is 5.92. The van der Waals surface area contributed by atoms with E-state index in [4.69, 9.17) is 5.73 Å². The topological polar surface area (TPSA) is 84.2 Å². The highest BCUT2D eigenvalue weighted by atomic mass is 19.1. The lowest BCUT2D eigenvalue weighted by atomic mass is 10.0. The SMILES string of the molecule is Cc1ccc(F)cc1NC(=O)CC(NC(N)=O)c1ccccc1. The summed E-state index contributed by atoms with van der Waals surface area (Å²) in [6.07, 6.45) is -0.0110. The second-order valence-corrected chi connectivity index (χ2v) is 5.18. The molecule has 0 heterocycles. The van der Waals surface area contributed by atoms with Crippen molar-refractivity contribution in [3.63, 3.8) is 0 Å². The average Bonchev–Trinajstić information content (AvgIpc) is 2.51. The molecule has 2 rings (SSSR count). The number of halogens is 1. The van der Waals surface area contributed by atoms with Gasteiger partial charge in [0.1, 0.15) is 5.82 Å². The van der Waals surface area contributed by atoms with E-state index in [0.717, 1.165) is 11.1 Å². The van der Waals surface area contributed by atoms with E-state index in [9.17, 15) is 14.0 Å². The smallest absolute Gasteiger partial charge is 0.312 e. The van der Waals surface area contributed by atoms with E-state index in [1.807, 2.05) is 6.07 Å². The summed E-state index contributed by atoms with van der Waals surface area (Å²) < 4.78 is 13.3. The standard InChI is InChI=1S/C17H18FN3O2/c1-11-7-8-13(18)9-14(11)20-16(22)10-15(21-17(19)23)12-5-3-2-4-6-12/h2-9,15H,10H2,1H3,(H,20,22)(H3,19,21,23). The lowest BCUT2D eigenvalue weighted by Gasteiger charge is -2.18. The zero-order valence-electron chi connectivity index (χ0n) is 12.7. The van der Waals surface area contributed by atoms with Crippen molar-refractivity contribution in [2.75, 3.05) is 5.32 Å². The van der Waals surface area contributed by atoms with Gasteiger partial charge in [0.25, 0.3) is 0 Å². The largest absolute Gasteiger partial charge is 0.352 e. The number of nitrogens with two attached hydrogens (primary N) is 1. The van der Waals surface area contributed by atoms with Crippen molar-refractivity contribution in [1.82, 2.24) is 5.32 Å². The molecule has 1 atom stereocenters. The summed E-state index contributed by atoms with van der Waals surface area (Å²) in [4.78, 5) is 23.4. The molecule has 5 nitrogen and oxygen atoms in total. The van der Waals surface area contributed by atoms with E-state index >= 15 is 0 Å². The quantitative estimate of drug-likeness (QED) is 0.792. The molecule has 2 aromatic rings. The van der Waals surface area contributed by atoms with Crippen LogP contribution in [0.4, 0.5) is 14.9 Å². The minimum absolute atomic E-state index is 0.0110. The summed E-state index contributed by atoms with van der Waals surface area (Å²) in [6.45, 7) is 1.77. The highest BCUT2D eigenvalue weighted by Gasteiger charge is 2.18. The number of rotatable bonds is 5. The van der Waals surface area contributed by atoms with E-state index in [2.05, 4.69) is 10.6 Å². The van der Waals surface area contributed by atoms with Gasteiger partial charge in [-0.05, 0) is 30.2 Å². The Bertz CT molecular complexity index is 704. The van der Waals surface area contributed by atoms with Crippen LogP contribution in [0, 0.1) is 12.7 Å². The summed E-state index contributed by atoms with van der Waals surface area (Å²) in [5.41, 5.74) is 7.09. The number of carbonyl (C=O) groups is 2. The molecule has 3 amide bonds. The zero-order valence-corrected chi connectivity index (χ0v) is 12.7. The molecular weight excluding hydrogens is 297 g/mol. The van der Waals surface area contributed by atoms with Gasteiger partial charge in [0.15, 0.2) is 0 Å². The van der Waals surface area contributed by atoms with Gasteiger partial charge in [-0.1, -0.05) is 36.4 Å². The van der Waals surface area contributed by atoms with Gasteiger partial charge >= 0.3 is 6.03 Å². The Labute approximate surface area is 133 Å². The molecule has 0 bridgehead atoms. The molecule has 2 aromatic carbocycles. The van der Waals surface area contributed by atoms with E-state index in [1.165, 1.54) is 12.1 Å². The fourth-order valence-electron chi connectivity index (χ4n) is 2.22. The minimum atomic E-state index is -0.714. The third-order valence-corrected chi connectivity index (χ3v) is 3.38. The molecule has 4 N–H and O–H groups in total. The van der Waals surface area contributed by atoms with E-state index in [1.54, 1.807) is 37.3 Å². The van der Waals surface area contributed by atoms with Crippen molar-refractivity contribution in [3.05, 3.63) is 65.5 Å². The Morgan fingerprint density at radius 3 is 2.52 bits per heavy atom. The van der Waals surface area contributed by atoms with Crippen LogP contribution in [-0.2, 0) is 4.79 Å². The fraction of sp³-hybridized carbons (Fsp3) is 0.176. The number of hydrogen-bond donors (Lipinski definition) is 3. The monoisotopic (exact) mass is 315 g/mol. The first kappa shape index (κ1) is 16.5. The van der Waals surface area contributed by atoms with E-state index in [-0.39, 0.29) is 12.3 Å². The third-order valence-electron chi connectivity index (χ3n) is 3.38. The number of hydrogen-bond acceptors (Lipinski definition) is 2. The van der Waals surface area contributed by atoms with Crippen molar-refractivity contribution < 1.29 is 14.0 Å². The Morgan fingerprint density at radius 1 is 1.17 bits per heavy atom. The van der Waals surface area contributed by atoms with Crippen molar-refractivity contribution >= 4 is 17.6 Å². The van der Waals surface area contributed by atoms with E-state index in [0.29, 0.717) is 5.69 Å². The van der Waals surface area contributed by atoms with Gasteiger partial charge in [-0.3, -0.25) is 4.79 Å². The average molecular weight is 315 g/mol. The van der Waals surface area contributed by atoms with Crippen molar-refractivity contribution in [2.24, 2.45) is 5.73 Å². The van der Waals surface area contributed by atoms with Gasteiger partial charge < -0.3 is 16.4 Å². The molecule has 6 heteroatoms. The van der Waals surface area contributed by atoms with Crippen LogP contribution in [0.25, 0.3) is 0 Å². The molecule has 0 aliphatic carbocycles. The van der Waals surface area contributed by atoms with Crippen LogP contribution in [-0.4, -0.2) is 11.9 Å². The Kier molecular flexibility index (Phi) is 5.30. The van der Waals surface area contributed by atoms with Crippen LogP contribution in [0.1, 0.15) is 23.6 Å². The van der Waals surface area contributed by atoms with Crippen LogP contribution < -0.4 is 16.4 Å². The van der Waals surface area contributed by atoms with Gasteiger partial charge in [0.2, 0.25) is 5.91 Å². The number of anilines is 1. The van der Waals surface area contributed by atoms with Crippen LogP contribution in [0.2, 0.25) is 0 Å².